The number of carbonyl (C=O) groups excluding carboxylic acids is 1. The van der Waals surface area contributed by atoms with Crippen LogP contribution in [0.1, 0.15) is 56.6 Å². The van der Waals surface area contributed by atoms with Gasteiger partial charge in [-0.15, -0.1) is 0 Å². The van der Waals surface area contributed by atoms with Crippen LogP contribution in [0.3, 0.4) is 0 Å². The fraction of sp³-hybridized carbons (Fsp3) is 0.720. The molecular formula is C25H38N4O4S. The molecule has 4 aliphatic rings. The molecule has 188 valence electrons. The Bertz CT molecular complexity index is 1010. The van der Waals surface area contributed by atoms with Crippen molar-refractivity contribution in [2.24, 2.45) is 0 Å². The quantitative estimate of drug-likeness (QED) is 0.649. The summed E-state index contributed by atoms with van der Waals surface area (Å²) in [5, 5.41) is 0. The lowest BCUT2D eigenvalue weighted by Gasteiger charge is -2.51. The maximum atomic E-state index is 13.0. The highest BCUT2D eigenvalue weighted by Gasteiger charge is 2.49. The van der Waals surface area contributed by atoms with Crippen molar-refractivity contribution in [1.82, 2.24) is 18.4 Å². The van der Waals surface area contributed by atoms with Gasteiger partial charge in [-0.3, -0.25) is 0 Å². The fourth-order valence-corrected chi connectivity index (χ4v) is 8.10. The number of hydrogen-bond donors (Lipinski definition) is 0. The van der Waals surface area contributed by atoms with E-state index < -0.39 is 10.2 Å². The SMILES string of the molecule is CCOC(=O)N1C2CCC1CC(N1CCC3(CC1)CN(S(=O)(=O)N(C)C)Cc1ccccc13)C2. The zero-order valence-electron chi connectivity index (χ0n) is 20.6. The maximum absolute atomic E-state index is 13.0. The Morgan fingerprint density at radius 2 is 1.74 bits per heavy atom. The Morgan fingerprint density at radius 1 is 1.09 bits per heavy atom. The molecule has 0 aliphatic carbocycles. The second-order valence-electron chi connectivity index (χ2n) is 10.6. The van der Waals surface area contributed by atoms with E-state index in [4.69, 9.17) is 4.74 Å². The van der Waals surface area contributed by atoms with E-state index >= 15 is 0 Å². The summed E-state index contributed by atoms with van der Waals surface area (Å²) in [6, 6.07) is 9.46. The summed E-state index contributed by atoms with van der Waals surface area (Å²) in [7, 11) is -0.247. The van der Waals surface area contributed by atoms with Gasteiger partial charge < -0.3 is 14.5 Å². The third-order valence-electron chi connectivity index (χ3n) is 8.66. The van der Waals surface area contributed by atoms with Crippen molar-refractivity contribution >= 4 is 16.3 Å². The molecule has 0 saturated carbocycles. The highest BCUT2D eigenvalue weighted by molar-refractivity contribution is 7.86. The minimum atomic E-state index is -3.47. The topological polar surface area (TPSA) is 73.4 Å². The molecule has 2 atom stereocenters. The summed E-state index contributed by atoms with van der Waals surface area (Å²) < 4.78 is 34.4. The number of amides is 1. The van der Waals surface area contributed by atoms with Crippen LogP contribution < -0.4 is 0 Å². The zero-order valence-corrected chi connectivity index (χ0v) is 21.5. The van der Waals surface area contributed by atoms with Crippen molar-refractivity contribution in [2.75, 3.05) is 40.3 Å². The van der Waals surface area contributed by atoms with Crippen molar-refractivity contribution in [3.63, 3.8) is 0 Å². The van der Waals surface area contributed by atoms with Crippen LogP contribution in [0, 0.1) is 0 Å². The molecule has 3 fully saturated rings. The van der Waals surface area contributed by atoms with Crippen molar-refractivity contribution in [3.05, 3.63) is 35.4 Å². The third kappa shape index (κ3) is 4.04. The van der Waals surface area contributed by atoms with E-state index in [-0.39, 0.29) is 23.6 Å². The molecule has 1 spiro atoms. The molecule has 0 aromatic heterocycles. The molecule has 1 aromatic rings. The second kappa shape index (κ2) is 9.08. The molecule has 8 nitrogen and oxygen atoms in total. The summed E-state index contributed by atoms with van der Waals surface area (Å²) in [4.78, 5) is 17.1. The number of likely N-dealkylation sites (tertiary alicyclic amines) is 1. The van der Waals surface area contributed by atoms with Crippen molar-refractivity contribution in [3.8, 4) is 0 Å². The van der Waals surface area contributed by atoms with Crippen molar-refractivity contribution in [1.29, 1.82) is 0 Å². The van der Waals surface area contributed by atoms with E-state index in [0.29, 0.717) is 25.7 Å². The molecule has 0 N–H and O–H groups in total. The summed E-state index contributed by atoms with van der Waals surface area (Å²) in [5.74, 6) is 0. The van der Waals surface area contributed by atoms with Gasteiger partial charge in [0.25, 0.3) is 10.2 Å². The van der Waals surface area contributed by atoms with Gasteiger partial charge in [0.1, 0.15) is 0 Å². The van der Waals surface area contributed by atoms with E-state index in [1.54, 1.807) is 18.4 Å². The Hall–Kier alpha value is -1.68. The maximum Gasteiger partial charge on any atom is 0.410 e. The van der Waals surface area contributed by atoms with E-state index in [1.807, 2.05) is 17.9 Å². The Kier molecular flexibility index (Phi) is 6.42. The lowest BCUT2D eigenvalue weighted by Crippen LogP contribution is -2.58. The first-order valence-electron chi connectivity index (χ1n) is 12.7. The summed E-state index contributed by atoms with van der Waals surface area (Å²) in [6.07, 6.45) is 5.94. The van der Waals surface area contributed by atoms with Crippen LogP contribution in [0.25, 0.3) is 0 Å². The van der Waals surface area contributed by atoms with Crippen LogP contribution in [0.15, 0.2) is 24.3 Å². The second-order valence-corrected chi connectivity index (χ2v) is 12.8. The number of benzene rings is 1. The van der Waals surface area contributed by atoms with Gasteiger partial charge in [0.15, 0.2) is 0 Å². The molecule has 4 aliphatic heterocycles. The molecule has 1 aromatic carbocycles. The molecule has 2 bridgehead atoms. The first-order chi connectivity index (χ1) is 16.2. The average molecular weight is 491 g/mol. The lowest BCUT2D eigenvalue weighted by molar-refractivity contribution is 0.0236. The van der Waals surface area contributed by atoms with Gasteiger partial charge in [-0.1, -0.05) is 24.3 Å². The van der Waals surface area contributed by atoms with Gasteiger partial charge in [0, 0.05) is 50.7 Å². The van der Waals surface area contributed by atoms with Gasteiger partial charge >= 0.3 is 6.09 Å². The minimum Gasteiger partial charge on any atom is -0.450 e. The first kappa shape index (κ1) is 24.0. The van der Waals surface area contributed by atoms with Gasteiger partial charge in [-0.2, -0.15) is 17.0 Å². The van der Waals surface area contributed by atoms with Gasteiger partial charge in [-0.05, 0) is 69.7 Å². The van der Waals surface area contributed by atoms with Crippen LogP contribution in [0.5, 0.6) is 0 Å². The largest absolute Gasteiger partial charge is 0.450 e. The molecule has 1 amide bonds. The van der Waals surface area contributed by atoms with Crippen LogP contribution >= 0.6 is 0 Å². The normalized spacial score (nSPS) is 29.4. The molecule has 34 heavy (non-hydrogen) atoms. The van der Waals surface area contributed by atoms with Crippen LogP contribution in [-0.4, -0.2) is 91.4 Å². The third-order valence-corrected chi connectivity index (χ3v) is 10.5. The summed E-state index contributed by atoms with van der Waals surface area (Å²) in [5.41, 5.74) is 2.32. The lowest BCUT2D eigenvalue weighted by atomic mass is 9.69. The van der Waals surface area contributed by atoms with Gasteiger partial charge in [-0.25, -0.2) is 4.79 Å². The Labute approximate surface area is 204 Å². The standard InChI is InChI=1S/C25H38N4O4S/c1-4-33-24(30)29-20-9-10-21(29)16-22(15-20)27-13-11-25(12-14-27)18-28(34(31,32)26(2)3)17-19-7-5-6-8-23(19)25/h5-8,20-22H,4,9-18H2,1-3H3. The average Bonchev–Trinajstić information content (AvgIpc) is 3.09. The van der Waals surface area contributed by atoms with Gasteiger partial charge in [0.2, 0.25) is 0 Å². The highest BCUT2D eigenvalue weighted by atomic mass is 32.2. The van der Waals surface area contributed by atoms with Crippen LogP contribution in [0.4, 0.5) is 4.79 Å². The zero-order chi connectivity index (χ0) is 24.1. The summed E-state index contributed by atoms with van der Waals surface area (Å²) in [6.45, 7) is 5.21. The van der Waals surface area contributed by atoms with E-state index in [2.05, 4.69) is 23.1 Å². The fourth-order valence-electron chi connectivity index (χ4n) is 6.93. The van der Waals surface area contributed by atoms with Gasteiger partial charge in [0.05, 0.1) is 6.61 Å². The number of ether oxygens (including phenoxy) is 1. The number of piperidine rings is 2. The Balaban J connectivity index is 1.31. The number of nitrogens with zero attached hydrogens (tertiary/aromatic N) is 4. The number of fused-ring (bicyclic) bond motifs is 4. The number of hydrogen-bond acceptors (Lipinski definition) is 5. The molecule has 3 saturated heterocycles. The van der Waals surface area contributed by atoms with Crippen molar-refractivity contribution < 1.29 is 17.9 Å². The van der Waals surface area contributed by atoms with Crippen molar-refractivity contribution in [2.45, 2.75) is 75.5 Å². The highest BCUT2D eigenvalue weighted by Crippen LogP contribution is 2.45. The van der Waals surface area contributed by atoms with E-state index in [1.165, 1.54) is 9.87 Å². The van der Waals surface area contributed by atoms with E-state index in [0.717, 1.165) is 57.2 Å². The number of rotatable bonds is 4. The van der Waals surface area contributed by atoms with Crippen LogP contribution in [0.2, 0.25) is 0 Å². The molecular weight excluding hydrogens is 452 g/mol. The summed E-state index contributed by atoms with van der Waals surface area (Å²) >= 11 is 0. The number of carbonyl (C=O) groups is 1. The Morgan fingerprint density at radius 3 is 2.35 bits per heavy atom. The smallest absolute Gasteiger partial charge is 0.410 e. The monoisotopic (exact) mass is 490 g/mol. The molecule has 5 rings (SSSR count). The first-order valence-corrected chi connectivity index (χ1v) is 14.1. The minimum absolute atomic E-state index is 0.140. The van der Waals surface area contributed by atoms with E-state index in [9.17, 15) is 13.2 Å². The molecule has 2 unspecified atom stereocenters. The molecule has 0 radical (unpaired) electrons. The van der Waals surface area contributed by atoms with Crippen LogP contribution in [-0.2, 0) is 26.9 Å². The predicted octanol–water partition coefficient (Wildman–Crippen LogP) is 2.79. The molecule has 4 heterocycles. The molecule has 9 heteroatoms. The predicted molar refractivity (Wildman–Crippen MR) is 131 cm³/mol.